The molecule has 1 amide bonds. The van der Waals surface area contributed by atoms with Gasteiger partial charge in [-0.3, -0.25) is 4.79 Å². The second kappa shape index (κ2) is 10.8. The number of halogens is 1. The summed E-state index contributed by atoms with van der Waals surface area (Å²) in [6, 6.07) is 19.7. The lowest BCUT2D eigenvalue weighted by molar-refractivity contribution is -0.123. The summed E-state index contributed by atoms with van der Waals surface area (Å²) in [5.74, 6) is -0.0120. The summed E-state index contributed by atoms with van der Waals surface area (Å²) in [6.45, 7) is 1.99. The average molecular weight is 486 g/mol. The molecule has 1 fully saturated rings. The van der Waals surface area contributed by atoms with Gasteiger partial charge in [0, 0.05) is 38.4 Å². The first-order valence-electron chi connectivity index (χ1n) is 11.3. The smallest absolute Gasteiger partial charge is 0.257 e. The van der Waals surface area contributed by atoms with Gasteiger partial charge in [0.05, 0.1) is 5.75 Å². The molecule has 9 heteroatoms. The monoisotopic (exact) mass is 485 g/mol. The van der Waals surface area contributed by atoms with Gasteiger partial charge in [-0.2, -0.15) is 4.31 Å². The molecule has 1 saturated heterocycles. The van der Waals surface area contributed by atoms with E-state index in [1.54, 1.807) is 12.1 Å². The van der Waals surface area contributed by atoms with E-state index < -0.39 is 10.0 Å². The number of carbonyl (C=O) groups is 1. The Morgan fingerprint density at radius 2 is 1.65 bits per heavy atom. The van der Waals surface area contributed by atoms with Crippen LogP contribution in [0.1, 0.15) is 6.42 Å². The maximum absolute atomic E-state index is 13.1. The van der Waals surface area contributed by atoms with Gasteiger partial charge in [-0.1, -0.05) is 30.3 Å². The predicted octanol–water partition coefficient (Wildman–Crippen LogP) is 3.02. The number of nitrogens with one attached hydrogen (secondary N) is 1. The van der Waals surface area contributed by atoms with Gasteiger partial charge in [-0.05, 0) is 53.6 Å². The number of nitrogens with zero attached hydrogens (tertiary/aromatic N) is 2. The molecule has 1 N–H and O–H groups in total. The van der Waals surface area contributed by atoms with E-state index in [1.165, 1.54) is 16.4 Å². The van der Waals surface area contributed by atoms with E-state index in [0.717, 1.165) is 16.5 Å². The molecule has 0 spiro atoms. The van der Waals surface area contributed by atoms with Crippen molar-refractivity contribution >= 4 is 32.4 Å². The highest BCUT2D eigenvalue weighted by molar-refractivity contribution is 7.89. The molecule has 0 aromatic heterocycles. The van der Waals surface area contributed by atoms with Crippen LogP contribution in [-0.4, -0.2) is 63.7 Å². The number of hydrogen-bond donors (Lipinski definition) is 1. The second-order valence-electron chi connectivity index (χ2n) is 8.18. The van der Waals surface area contributed by atoms with Crippen LogP contribution in [0.5, 0.6) is 5.75 Å². The third-order valence-electron chi connectivity index (χ3n) is 5.82. The fraction of sp³-hybridized carbons (Fsp3) is 0.320. The maximum Gasteiger partial charge on any atom is 0.257 e. The number of carbonyl (C=O) groups excluding carboxylic acids is 1. The molecular formula is C25H28FN3O4S. The van der Waals surface area contributed by atoms with Crippen molar-refractivity contribution < 1.29 is 22.3 Å². The number of rotatable bonds is 9. The van der Waals surface area contributed by atoms with Crippen LogP contribution in [0.2, 0.25) is 0 Å². The van der Waals surface area contributed by atoms with Crippen molar-refractivity contribution in [2.75, 3.05) is 50.0 Å². The largest absolute Gasteiger partial charge is 0.484 e. The third kappa shape index (κ3) is 6.24. The van der Waals surface area contributed by atoms with Crippen LogP contribution in [0.3, 0.4) is 0 Å². The Hall–Kier alpha value is -3.17. The molecule has 1 aliphatic rings. The fourth-order valence-corrected chi connectivity index (χ4v) is 5.43. The van der Waals surface area contributed by atoms with Crippen LogP contribution in [0.25, 0.3) is 10.8 Å². The number of hydrogen-bond acceptors (Lipinski definition) is 5. The molecule has 0 unspecified atom stereocenters. The van der Waals surface area contributed by atoms with Crippen molar-refractivity contribution in [1.29, 1.82) is 0 Å². The van der Waals surface area contributed by atoms with Crippen molar-refractivity contribution in [2.45, 2.75) is 6.42 Å². The number of amides is 1. The van der Waals surface area contributed by atoms with Gasteiger partial charge in [0.2, 0.25) is 10.0 Å². The van der Waals surface area contributed by atoms with Crippen LogP contribution in [0.4, 0.5) is 10.1 Å². The number of piperazine rings is 1. The SMILES string of the molecule is O=C(COc1ccc2ccccc2c1)NCCCS(=O)(=O)N1CCN(c2ccc(F)cc2)CC1. The first kappa shape index (κ1) is 24.0. The highest BCUT2D eigenvalue weighted by atomic mass is 32.2. The molecule has 0 radical (unpaired) electrons. The van der Waals surface area contributed by atoms with Gasteiger partial charge in [-0.15, -0.1) is 0 Å². The van der Waals surface area contributed by atoms with E-state index in [-0.39, 0.29) is 30.6 Å². The summed E-state index contributed by atoms with van der Waals surface area (Å²) in [6.07, 6.45) is 0.322. The molecule has 0 saturated carbocycles. The lowest BCUT2D eigenvalue weighted by Crippen LogP contribution is -2.49. The lowest BCUT2D eigenvalue weighted by Gasteiger charge is -2.35. The summed E-state index contributed by atoms with van der Waals surface area (Å²) in [5.41, 5.74) is 0.882. The Kier molecular flexibility index (Phi) is 7.64. The highest BCUT2D eigenvalue weighted by Crippen LogP contribution is 2.21. The van der Waals surface area contributed by atoms with E-state index >= 15 is 0 Å². The molecule has 1 heterocycles. The Morgan fingerprint density at radius 1 is 0.941 bits per heavy atom. The van der Waals surface area contributed by atoms with Gasteiger partial charge in [0.1, 0.15) is 11.6 Å². The lowest BCUT2D eigenvalue weighted by atomic mass is 10.1. The van der Waals surface area contributed by atoms with Gasteiger partial charge in [0.15, 0.2) is 6.61 Å². The highest BCUT2D eigenvalue weighted by Gasteiger charge is 2.26. The molecule has 0 atom stereocenters. The van der Waals surface area contributed by atoms with Crippen LogP contribution in [0, 0.1) is 5.82 Å². The van der Waals surface area contributed by atoms with E-state index in [1.807, 2.05) is 47.4 Å². The van der Waals surface area contributed by atoms with Crippen molar-refractivity contribution in [1.82, 2.24) is 9.62 Å². The molecule has 34 heavy (non-hydrogen) atoms. The first-order valence-corrected chi connectivity index (χ1v) is 12.9. The van der Waals surface area contributed by atoms with Gasteiger partial charge >= 0.3 is 0 Å². The summed E-state index contributed by atoms with van der Waals surface area (Å²) in [7, 11) is -3.41. The van der Waals surface area contributed by atoms with Crippen molar-refractivity contribution in [2.24, 2.45) is 0 Å². The van der Waals surface area contributed by atoms with E-state index in [4.69, 9.17) is 4.74 Å². The molecule has 0 aliphatic carbocycles. The van der Waals surface area contributed by atoms with Crippen LogP contribution in [-0.2, 0) is 14.8 Å². The zero-order valence-electron chi connectivity index (χ0n) is 18.8. The quantitative estimate of drug-likeness (QED) is 0.472. The molecule has 0 bridgehead atoms. The molecule has 1 aliphatic heterocycles. The fourth-order valence-electron chi connectivity index (χ4n) is 3.94. The van der Waals surface area contributed by atoms with Gasteiger partial charge in [-0.25, -0.2) is 12.8 Å². The number of fused-ring (bicyclic) bond motifs is 1. The zero-order chi connectivity index (χ0) is 24.0. The minimum atomic E-state index is -3.41. The van der Waals surface area contributed by atoms with E-state index in [9.17, 15) is 17.6 Å². The minimum absolute atomic E-state index is 0.0324. The van der Waals surface area contributed by atoms with E-state index in [0.29, 0.717) is 38.3 Å². The summed E-state index contributed by atoms with van der Waals surface area (Å²) < 4.78 is 45.5. The normalized spacial score (nSPS) is 14.8. The zero-order valence-corrected chi connectivity index (χ0v) is 19.6. The van der Waals surface area contributed by atoms with Crippen LogP contribution < -0.4 is 15.0 Å². The standard InChI is InChI=1S/C25H28FN3O4S/c26-22-7-9-23(10-8-22)28-13-15-29(16-14-28)34(31,32)17-3-12-27-25(30)19-33-24-11-6-20-4-1-2-5-21(20)18-24/h1-2,4-11,18H,3,12-17,19H2,(H,27,30). The van der Waals surface area contributed by atoms with Crippen LogP contribution in [0.15, 0.2) is 66.7 Å². The predicted molar refractivity (Wildman–Crippen MR) is 131 cm³/mol. The Balaban J connectivity index is 1.16. The Morgan fingerprint density at radius 3 is 2.38 bits per heavy atom. The summed E-state index contributed by atoms with van der Waals surface area (Å²) >= 11 is 0. The first-order chi connectivity index (χ1) is 16.4. The van der Waals surface area contributed by atoms with Crippen molar-refractivity contribution in [3.8, 4) is 5.75 Å². The third-order valence-corrected chi connectivity index (χ3v) is 7.77. The Labute approximate surface area is 199 Å². The van der Waals surface area contributed by atoms with Gasteiger partial charge in [0.25, 0.3) is 5.91 Å². The molecule has 3 aromatic rings. The maximum atomic E-state index is 13.1. The number of sulfonamides is 1. The number of ether oxygens (including phenoxy) is 1. The topological polar surface area (TPSA) is 78.9 Å². The van der Waals surface area contributed by atoms with Crippen molar-refractivity contribution in [3.63, 3.8) is 0 Å². The molecule has 3 aromatic carbocycles. The molecular weight excluding hydrogens is 457 g/mol. The number of anilines is 1. The minimum Gasteiger partial charge on any atom is -0.484 e. The molecule has 180 valence electrons. The molecule has 7 nitrogen and oxygen atoms in total. The van der Waals surface area contributed by atoms with Crippen LogP contribution >= 0.6 is 0 Å². The summed E-state index contributed by atoms with van der Waals surface area (Å²) in [5, 5.41) is 4.84. The molecule has 4 rings (SSSR count). The second-order valence-corrected chi connectivity index (χ2v) is 10.3. The summed E-state index contributed by atoms with van der Waals surface area (Å²) in [4.78, 5) is 14.1. The van der Waals surface area contributed by atoms with E-state index in [2.05, 4.69) is 5.32 Å². The number of benzene rings is 3. The van der Waals surface area contributed by atoms with Gasteiger partial charge < -0.3 is 15.0 Å². The Bertz CT molecular complexity index is 1230. The average Bonchev–Trinajstić information content (AvgIpc) is 2.86. The van der Waals surface area contributed by atoms with Crippen molar-refractivity contribution in [3.05, 3.63) is 72.5 Å².